The van der Waals surface area contributed by atoms with Gasteiger partial charge in [0, 0.05) is 24.7 Å². The van der Waals surface area contributed by atoms with Crippen LogP contribution in [-0.4, -0.2) is 36.6 Å². The van der Waals surface area contributed by atoms with E-state index in [1.54, 1.807) is 0 Å². The Bertz CT molecular complexity index is 241. The van der Waals surface area contributed by atoms with Crippen molar-refractivity contribution in [3.63, 3.8) is 0 Å². The lowest BCUT2D eigenvalue weighted by molar-refractivity contribution is 0.114. The number of likely N-dealkylation sites (tertiary alicyclic amines) is 1. The summed E-state index contributed by atoms with van der Waals surface area (Å²) in [7, 11) is 2.16. The Labute approximate surface area is 99.8 Å². The predicted molar refractivity (Wildman–Crippen MR) is 67.6 cm³/mol. The molecule has 0 amide bonds. The second kappa shape index (κ2) is 4.66. The lowest BCUT2D eigenvalue weighted by Gasteiger charge is -2.38. The molecule has 4 unspecified atom stereocenters. The van der Waals surface area contributed by atoms with E-state index in [2.05, 4.69) is 17.3 Å². The van der Waals surface area contributed by atoms with E-state index in [0.29, 0.717) is 0 Å². The SMILES string of the molecule is CNC1CCCCCC1N1CC2CCC1C2. The average molecular weight is 222 g/mol. The summed E-state index contributed by atoms with van der Waals surface area (Å²) in [4.78, 5) is 2.88. The molecule has 3 fully saturated rings. The van der Waals surface area contributed by atoms with Gasteiger partial charge in [0.2, 0.25) is 0 Å². The van der Waals surface area contributed by atoms with Crippen LogP contribution in [0.2, 0.25) is 0 Å². The van der Waals surface area contributed by atoms with Crippen molar-refractivity contribution in [1.29, 1.82) is 0 Å². The van der Waals surface area contributed by atoms with Crippen molar-refractivity contribution >= 4 is 0 Å². The third kappa shape index (κ3) is 1.91. The fraction of sp³-hybridized carbons (Fsp3) is 1.00. The zero-order valence-electron chi connectivity index (χ0n) is 10.6. The quantitative estimate of drug-likeness (QED) is 0.722. The molecule has 2 saturated carbocycles. The molecule has 1 aliphatic heterocycles. The second-order valence-electron chi connectivity index (χ2n) is 6.13. The molecule has 1 N–H and O–H groups in total. The molecule has 3 rings (SSSR count). The number of nitrogens with zero attached hydrogens (tertiary/aromatic N) is 1. The molecule has 0 radical (unpaired) electrons. The summed E-state index contributed by atoms with van der Waals surface area (Å²) in [5.41, 5.74) is 0. The number of rotatable bonds is 2. The third-order valence-corrected chi connectivity index (χ3v) is 5.23. The molecule has 0 aromatic carbocycles. The van der Waals surface area contributed by atoms with Gasteiger partial charge in [-0.1, -0.05) is 19.3 Å². The Morgan fingerprint density at radius 2 is 1.88 bits per heavy atom. The molecule has 1 heterocycles. The van der Waals surface area contributed by atoms with Gasteiger partial charge in [-0.25, -0.2) is 0 Å². The minimum Gasteiger partial charge on any atom is -0.315 e. The molecule has 2 bridgehead atoms. The summed E-state index contributed by atoms with van der Waals surface area (Å²) in [6, 6.07) is 2.56. The highest BCUT2D eigenvalue weighted by Gasteiger charge is 2.42. The highest BCUT2D eigenvalue weighted by atomic mass is 15.2. The molecule has 2 aliphatic carbocycles. The lowest BCUT2D eigenvalue weighted by Crippen LogP contribution is -2.51. The maximum absolute atomic E-state index is 3.59. The van der Waals surface area contributed by atoms with Gasteiger partial charge < -0.3 is 5.32 Å². The number of hydrogen-bond donors (Lipinski definition) is 1. The van der Waals surface area contributed by atoms with Crippen LogP contribution in [-0.2, 0) is 0 Å². The van der Waals surface area contributed by atoms with Crippen LogP contribution in [0, 0.1) is 5.92 Å². The van der Waals surface area contributed by atoms with E-state index in [-0.39, 0.29) is 0 Å². The Morgan fingerprint density at radius 1 is 1.00 bits per heavy atom. The zero-order valence-corrected chi connectivity index (χ0v) is 10.6. The van der Waals surface area contributed by atoms with Crippen LogP contribution in [0.5, 0.6) is 0 Å². The Hall–Kier alpha value is -0.0800. The summed E-state index contributed by atoms with van der Waals surface area (Å²) in [6.07, 6.45) is 11.7. The molecule has 92 valence electrons. The van der Waals surface area contributed by atoms with E-state index < -0.39 is 0 Å². The van der Waals surface area contributed by atoms with Gasteiger partial charge >= 0.3 is 0 Å². The standard InChI is InChI=1S/C14H26N2/c1-15-13-5-3-2-4-6-14(13)16-10-11-7-8-12(16)9-11/h11-15H,2-10H2,1H3. The minimum absolute atomic E-state index is 0.766. The first-order valence-electron chi connectivity index (χ1n) is 7.31. The van der Waals surface area contributed by atoms with Crippen molar-refractivity contribution in [2.45, 2.75) is 69.5 Å². The second-order valence-corrected chi connectivity index (χ2v) is 6.13. The van der Waals surface area contributed by atoms with Crippen molar-refractivity contribution in [2.75, 3.05) is 13.6 Å². The summed E-state index contributed by atoms with van der Waals surface area (Å²) < 4.78 is 0. The van der Waals surface area contributed by atoms with Crippen LogP contribution in [0.4, 0.5) is 0 Å². The van der Waals surface area contributed by atoms with Gasteiger partial charge in [0.1, 0.15) is 0 Å². The molecule has 4 atom stereocenters. The summed E-state index contributed by atoms with van der Waals surface area (Å²) >= 11 is 0. The van der Waals surface area contributed by atoms with Gasteiger partial charge in [0.15, 0.2) is 0 Å². The largest absolute Gasteiger partial charge is 0.315 e. The van der Waals surface area contributed by atoms with Crippen molar-refractivity contribution in [3.05, 3.63) is 0 Å². The van der Waals surface area contributed by atoms with E-state index in [1.807, 2.05) is 0 Å². The highest BCUT2D eigenvalue weighted by molar-refractivity contribution is 4.98. The van der Waals surface area contributed by atoms with E-state index in [4.69, 9.17) is 0 Å². The van der Waals surface area contributed by atoms with Crippen LogP contribution in [0.15, 0.2) is 0 Å². The zero-order chi connectivity index (χ0) is 11.0. The van der Waals surface area contributed by atoms with Crippen molar-refractivity contribution in [1.82, 2.24) is 10.2 Å². The molecule has 16 heavy (non-hydrogen) atoms. The smallest absolute Gasteiger partial charge is 0.0252 e. The molecule has 0 spiro atoms. The van der Waals surface area contributed by atoms with Crippen LogP contribution in [0.3, 0.4) is 0 Å². The average Bonchev–Trinajstić information content (AvgIpc) is 2.84. The first kappa shape index (κ1) is 11.0. The maximum Gasteiger partial charge on any atom is 0.0252 e. The highest BCUT2D eigenvalue weighted by Crippen LogP contribution is 2.40. The molecule has 3 aliphatic rings. The van der Waals surface area contributed by atoms with Crippen LogP contribution in [0.1, 0.15) is 51.4 Å². The Balaban J connectivity index is 1.70. The predicted octanol–water partition coefficient (Wildman–Crippen LogP) is 2.39. The monoisotopic (exact) mass is 222 g/mol. The first-order chi connectivity index (χ1) is 7.88. The van der Waals surface area contributed by atoms with Gasteiger partial charge in [-0.3, -0.25) is 4.90 Å². The number of fused-ring (bicyclic) bond motifs is 2. The van der Waals surface area contributed by atoms with E-state index in [9.17, 15) is 0 Å². The molecular formula is C14H26N2. The Morgan fingerprint density at radius 3 is 2.56 bits per heavy atom. The molecule has 0 aromatic heterocycles. The molecule has 0 aromatic rings. The molecule has 1 saturated heterocycles. The van der Waals surface area contributed by atoms with E-state index in [1.165, 1.54) is 57.9 Å². The summed E-state index contributed by atoms with van der Waals surface area (Å²) in [5, 5.41) is 3.59. The van der Waals surface area contributed by atoms with Gasteiger partial charge in [-0.2, -0.15) is 0 Å². The van der Waals surface area contributed by atoms with Gasteiger partial charge in [0.25, 0.3) is 0 Å². The normalized spacial score (nSPS) is 44.8. The van der Waals surface area contributed by atoms with Gasteiger partial charge in [-0.15, -0.1) is 0 Å². The molecular weight excluding hydrogens is 196 g/mol. The third-order valence-electron chi connectivity index (χ3n) is 5.23. The van der Waals surface area contributed by atoms with Crippen molar-refractivity contribution in [2.24, 2.45) is 5.92 Å². The number of hydrogen-bond acceptors (Lipinski definition) is 2. The van der Waals surface area contributed by atoms with Gasteiger partial charge in [-0.05, 0) is 45.1 Å². The number of nitrogens with one attached hydrogen (secondary N) is 1. The lowest BCUT2D eigenvalue weighted by atomic mass is 9.98. The minimum atomic E-state index is 0.766. The van der Waals surface area contributed by atoms with Crippen molar-refractivity contribution < 1.29 is 0 Å². The first-order valence-corrected chi connectivity index (χ1v) is 7.31. The summed E-state index contributed by atoms with van der Waals surface area (Å²) in [5.74, 6) is 1.05. The summed E-state index contributed by atoms with van der Waals surface area (Å²) in [6.45, 7) is 1.41. The van der Waals surface area contributed by atoms with E-state index >= 15 is 0 Å². The van der Waals surface area contributed by atoms with Crippen molar-refractivity contribution in [3.8, 4) is 0 Å². The van der Waals surface area contributed by atoms with Crippen LogP contribution in [0.25, 0.3) is 0 Å². The number of piperidine rings is 1. The topological polar surface area (TPSA) is 15.3 Å². The molecule has 2 heteroatoms. The Kier molecular flexibility index (Phi) is 3.21. The maximum atomic E-state index is 3.59. The van der Waals surface area contributed by atoms with Gasteiger partial charge in [0.05, 0.1) is 0 Å². The van der Waals surface area contributed by atoms with Crippen LogP contribution >= 0.6 is 0 Å². The fourth-order valence-corrected chi connectivity index (χ4v) is 4.39. The van der Waals surface area contributed by atoms with E-state index in [0.717, 1.165) is 24.0 Å². The van der Waals surface area contributed by atoms with Crippen LogP contribution < -0.4 is 5.32 Å². The molecule has 2 nitrogen and oxygen atoms in total. The number of likely N-dealkylation sites (N-methyl/N-ethyl adjacent to an activating group) is 1. The fourth-order valence-electron chi connectivity index (χ4n) is 4.39.